The fourth-order valence-electron chi connectivity index (χ4n) is 2.87. The Balaban J connectivity index is 1.65. The first-order valence-electron chi connectivity index (χ1n) is 8.49. The zero-order valence-corrected chi connectivity index (χ0v) is 14.9. The summed E-state index contributed by atoms with van der Waals surface area (Å²) in [5.74, 6) is -0.0611. The van der Waals surface area contributed by atoms with Gasteiger partial charge in [0, 0.05) is 11.3 Å². The van der Waals surface area contributed by atoms with E-state index in [-0.39, 0.29) is 11.9 Å². The highest BCUT2D eigenvalue weighted by atomic mass is 16.1. The average molecular weight is 333 g/mol. The predicted molar refractivity (Wildman–Crippen MR) is 99.6 cm³/mol. The van der Waals surface area contributed by atoms with Crippen LogP contribution in [0.5, 0.6) is 0 Å². The van der Waals surface area contributed by atoms with Crippen LogP contribution in [0.1, 0.15) is 45.8 Å². The van der Waals surface area contributed by atoms with Gasteiger partial charge >= 0.3 is 0 Å². The minimum absolute atomic E-state index is 0.0249. The molecule has 128 valence electrons. The largest absolute Gasteiger partial charge is 0.346 e. The molecule has 0 radical (unpaired) electrons. The summed E-state index contributed by atoms with van der Waals surface area (Å²) in [6, 6.07) is 19.7. The summed E-state index contributed by atoms with van der Waals surface area (Å²) < 4.78 is 1.97. The van der Waals surface area contributed by atoms with Crippen LogP contribution in [-0.4, -0.2) is 15.7 Å². The van der Waals surface area contributed by atoms with Crippen LogP contribution in [0, 0.1) is 13.8 Å². The maximum atomic E-state index is 12.4. The number of hydrogen-bond donors (Lipinski definition) is 1. The van der Waals surface area contributed by atoms with Crippen molar-refractivity contribution in [2.75, 3.05) is 0 Å². The number of carbonyl (C=O) groups excluding carboxylic acids is 1. The molecule has 2 aromatic carbocycles. The first-order valence-corrected chi connectivity index (χ1v) is 8.49. The summed E-state index contributed by atoms with van der Waals surface area (Å²) in [5.41, 5.74) is 5.04. The summed E-state index contributed by atoms with van der Waals surface area (Å²) >= 11 is 0. The second kappa shape index (κ2) is 7.34. The van der Waals surface area contributed by atoms with Gasteiger partial charge in [0.25, 0.3) is 5.91 Å². The number of benzene rings is 2. The smallest absolute Gasteiger partial charge is 0.251 e. The maximum absolute atomic E-state index is 12.4. The highest BCUT2D eigenvalue weighted by Gasteiger charge is 2.11. The molecule has 0 aliphatic heterocycles. The van der Waals surface area contributed by atoms with E-state index in [2.05, 4.69) is 16.5 Å². The molecule has 0 aliphatic rings. The molecule has 1 amide bonds. The lowest BCUT2D eigenvalue weighted by Gasteiger charge is -2.14. The van der Waals surface area contributed by atoms with E-state index in [1.807, 2.05) is 80.1 Å². The third kappa shape index (κ3) is 4.15. The number of aryl methyl sites for hydroxylation is 2. The van der Waals surface area contributed by atoms with Gasteiger partial charge in [0.05, 0.1) is 18.3 Å². The Morgan fingerprint density at radius 1 is 1.08 bits per heavy atom. The third-order valence-electron chi connectivity index (χ3n) is 4.30. The Bertz CT molecular complexity index is 851. The second-order valence-corrected chi connectivity index (χ2v) is 6.39. The van der Waals surface area contributed by atoms with Crippen molar-refractivity contribution < 1.29 is 4.79 Å². The number of amides is 1. The normalized spacial score (nSPS) is 12.0. The van der Waals surface area contributed by atoms with Gasteiger partial charge in [-0.05, 0) is 50.1 Å². The lowest BCUT2D eigenvalue weighted by molar-refractivity contribution is 0.0940. The van der Waals surface area contributed by atoms with Crippen molar-refractivity contribution in [1.82, 2.24) is 15.1 Å². The molecule has 1 N–H and O–H groups in total. The van der Waals surface area contributed by atoms with Crippen LogP contribution in [0.4, 0.5) is 0 Å². The molecule has 3 rings (SSSR count). The van der Waals surface area contributed by atoms with Crippen LogP contribution in [0.25, 0.3) is 0 Å². The van der Waals surface area contributed by atoms with Crippen molar-refractivity contribution in [3.05, 3.63) is 88.7 Å². The van der Waals surface area contributed by atoms with E-state index in [0.29, 0.717) is 12.1 Å². The van der Waals surface area contributed by atoms with Crippen molar-refractivity contribution in [2.45, 2.75) is 33.4 Å². The van der Waals surface area contributed by atoms with Crippen LogP contribution < -0.4 is 5.32 Å². The van der Waals surface area contributed by atoms with Crippen LogP contribution >= 0.6 is 0 Å². The molecule has 1 heterocycles. The van der Waals surface area contributed by atoms with Gasteiger partial charge < -0.3 is 5.32 Å². The number of carbonyl (C=O) groups is 1. The van der Waals surface area contributed by atoms with Gasteiger partial charge in [0.1, 0.15) is 0 Å². The molecule has 4 nitrogen and oxygen atoms in total. The molecule has 0 spiro atoms. The summed E-state index contributed by atoms with van der Waals surface area (Å²) in [6.45, 7) is 6.74. The van der Waals surface area contributed by atoms with Gasteiger partial charge in [-0.3, -0.25) is 9.48 Å². The lowest BCUT2D eigenvalue weighted by Crippen LogP contribution is -2.26. The zero-order chi connectivity index (χ0) is 17.8. The van der Waals surface area contributed by atoms with Crippen molar-refractivity contribution in [3.63, 3.8) is 0 Å². The van der Waals surface area contributed by atoms with E-state index in [4.69, 9.17) is 0 Å². The summed E-state index contributed by atoms with van der Waals surface area (Å²) in [4.78, 5) is 12.4. The van der Waals surface area contributed by atoms with Crippen molar-refractivity contribution in [3.8, 4) is 0 Å². The van der Waals surface area contributed by atoms with E-state index < -0.39 is 0 Å². The molecule has 3 aromatic rings. The molecule has 4 heteroatoms. The Hall–Kier alpha value is -2.88. The Morgan fingerprint density at radius 2 is 1.76 bits per heavy atom. The van der Waals surface area contributed by atoms with Gasteiger partial charge in [-0.1, -0.05) is 42.5 Å². The van der Waals surface area contributed by atoms with Gasteiger partial charge in [0.15, 0.2) is 0 Å². The van der Waals surface area contributed by atoms with E-state index >= 15 is 0 Å². The average Bonchev–Trinajstić information content (AvgIpc) is 2.93. The van der Waals surface area contributed by atoms with Gasteiger partial charge in [-0.15, -0.1) is 0 Å². The Kier molecular flexibility index (Phi) is 4.98. The highest BCUT2D eigenvalue weighted by Crippen LogP contribution is 2.13. The van der Waals surface area contributed by atoms with Crippen molar-refractivity contribution in [2.24, 2.45) is 0 Å². The molecule has 1 unspecified atom stereocenters. The van der Waals surface area contributed by atoms with E-state index in [0.717, 1.165) is 22.5 Å². The first-order chi connectivity index (χ1) is 12.0. The molecule has 25 heavy (non-hydrogen) atoms. The highest BCUT2D eigenvalue weighted by molar-refractivity contribution is 5.94. The van der Waals surface area contributed by atoms with Gasteiger partial charge in [-0.2, -0.15) is 5.10 Å². The predicted octanol–water partition coefficient (Wildman–Crippen LogP) is 4.04. The number of rotatable bonds is 5. The zero-order valence-electron chi connectivity index (χ0n) is 14.9. The molecular weight excluding hydrogens is 310 g/mol. The summed E-state index contributed by atoms with van der Waals surface area (Å²) in [5, 5.41) is 7.51. The molecule has 0 aliphatic carbocycles. The standard InChI is InChI=1S/C21H23N3O/c1-15-13-16(2)24(23-15)14-18-9-11-20(12-10-18)21(25)22-17(3)19-7-5-4-6-8-19/h4-13,17H,14H2,1-3H3,(H,22,25). The molecule has 0 saturated heterocycles. The summed E-state index contributed by atoms with van der Waals surface area (Å²) in [6.07, 6.45) is 0. The lowest BCUT2D eigenvalue weighted by atomic mass is 10.1. The Labute approximate surface area is 148 Å². The van der Waals surface area contributed by atoms with E-state index in [9.17, 15) is 4.79 Å². The van der Waals surface area contributed by atoms with Gasteiger partial charge in [0.2, 0.25) is 0 Å². The maximum Gasteiger partial charge on any atom is 0.251 e. The first kappa shape index (κ1) is 17.0. The van der Waals surface area contributed by atoms with E-state index in [1.54, 1.807) is 0 Å². The minimum Gasteiger partial charge on any atom is -0.346 e. The molecule has 0 fully saturated rings. The monoisotopic (exact) mass is 333 g/mol. The van der Waals surface area contributed by atoms with Crippen molar-refractivity contribution >= 4 is 5.91 Å². The molecule has 0 saturated carbocycles. The van der Waals surface area contributed by atoms with E-state index in [1.165, 1.54) is 0 Å². The third-order valence-corrected chi connectivity index (χ3v) is 4.30. The Morgan fingerprint density at radius 3 is 2.36 bits per heavy atom. The van der Waals surface area contributed by atoms with Crippen LogP contribution in [-0.2, 0) is 6.54 Å². The van der Waals surface area contributed by atoms with Crippen LogP contribution in [0.2, 0.25) is 0 Å². The number of nitrogens with one attached hydrogen (secondary N) is 1. The fourth-order valence-corrected chi connectivity index (χ4v) is 2.87. The molecule has 1 atom stereocenters. The topological polar surface area (TPSA) is 46.9 Å². The minimum atomic E-state index is -0.0611. The van der Waals surface area contributed by atoms with Crippen LogP contribution in [0.3, 0.4) is 0 Å². The number of aromatic nitrogens is 2. The molecule has 0 bridgehead atoms. The second-order valence-electron chi connectivity index (χ2n) is 6.39. The SMILES string of the molecule is Cc1cc(C)n(Cc2ccc(C(=O)NC(C)c3ccccc3)cc2)n1. The molecular formula is C21H23N3O. The van der Waals surface area contributed by atoms with Gasteiger partial charge in [-0.25, -0.2) is 0 Å². The van der Waals surface area contributed by atoms with Crippen molar-refractivity contribution in [1.29, 1.82) is 0 Å². The molecule has 1 aromatic heterocycles. The quantitative estimate of drug-likeness (QED) is 0.766. The number of nitrogens with zero attached hydrogens (tertiary/aromatic N) is 2. The summed E-state index contributed by atoms with van der Waals surface area (Å²) in [7, 11) is 0. The number of hydrogen-bond acceptors (Lipinski definition) is 2. The van der Waals surface area contributed by atoms with Crippen LogP contribution in [0.15, 0.2) is 60.7 Å². The fraction of sp³-hybridized carbons (Fsp3) is 0.238.